The van der Waals surface area contributed by atoms with Crippen LogP contribution in [0.5, 0.6) is 0 Å². The van der Waals surface area contributed by atoms with Crippen LogP contribution in [-0.4, -0.2) is 60.1 Å². The highest BCUT2D eigenvalue weighted by molar-refractivity contribution is 7.99. The number of rotatable bonds is 9. The molecule has 154 valence electrons. The third-order valence-electron chi connectivity index (χ3n) is 2.91. The predicted octanol–water partition coefficient (Wildman–Crippen LogP) is 1.23. The molecule has 9 nitrogen and oxygen atoms in total. The van der Waals surface area contributed by atoms with Crippen molar-refractivity contribution in [3.8, 4) is 6.19 Å². The molecule has 0 unspecified atom stereocenters. The van der Waals surface area contributed by atoms with Crippen molar-refractivity contribution >= 4 is 29.5 Å². The molecule has 0 atom stereocenters. The Morgan fingerprint density at radius 2 is 2.21 bits per heavy atom. The Morgan fingerprint density at radius 3 is 2.86 bits per heavy atom. The second kappa shape index (κ2) is 11.8. The minimum atomic E-state index is -4.25. The Balaban J connectivity index is 2.46. The largest absolute Gasteiger partial charge is 0.370 e. The van der Waals surface area contributed by atoms with Crippen molar-refractivity contribution in [3.05, 3.63) is 12.3 Å². The van der Waals surface area contributed by atoms with E-state index in [0.717, 1.165) is 0 Å². The average molecular weight is 421 g/mol. The van der Waals surface area contributed by atoms with Crippen LogP contribution in [0.3, 0.4) is 0 Å². The Morgan fingerprint density at radius 1 is 1.46 bits per heavy atom. The lowest BCUT2D eigenvalue weighted by Crippen LogP contribution is -2.35. The van der Waals surface area contributed by atoms with Crippen LogP contribution in [-0.2, 0) is 0 Å². The molecule has 0 aliphatic carbocycles. The zero-order chi connectivity index (χ0) is 21.0. The third-order valence-corrected chi connectivity index (χ3v) is 3.86. The molecule has 0 fully saturated rings. The number of nitrogens with zero attached hydrogens (tertiary/aromatic N) is 5. The molecule has 0 aromatic carbocycles. The number of guanidine groups is 2. The van der Waals surface area contributed by atoms with Crippen LogP contribution in [0, 0.1) is 11.5 Å². The van der Waals surface area contributed by atoms with Crippen LogP contribution in [0.15, 0.2) is 27.4 Å². The normalized spacial score (nSPS) is 12.6. The Labute approximate surface area is 162 Å². The quantitative estimate of drug-likeness (QED) is 0.0683. The fourth-order valence-corrected chi connectivity index (χ4v) is 2.35. The summed E-state index contributed by atoms with van der Waals surface area (Å²) in [5, 5.41) is 16.7. The van der Waals surface area contributed by atoms with Gasteiger partial charge in [-0.25, -0.2) is 23.7 Å². The number of aliphatic imine (C=N–C) groups is 2. The first-order valence-corrected chi connectivity index (χ1v) is 8.81. The minimum Gasteiger partial charge on any atom is -0.370 e. The van der Waals surface area contributed by atoms with Crippen LogP contribution in [0.1, 0.15) is 6.42 Å². The van der Waals surface area contributed by atoms with Gasteiger partial charge >= 0.3 is 12.3 Å². The van der Waals surface area contributed by atoms with Gasteiger partial charge in [-0.3, -0.25) is 10.3 Å². The second-order valence-corrected chi connectivity index (χ2v) is 6.11. The molecule has 28 heavy (non-hydrogen) atoms. The summed E-state index contributed by atoms with van der Waals surface area (Å²) in [6, 6.07) is 1.43. The Kier molecular flexibility index (Phi) is 9.79. The predicted molar refractivity (Wildman–Crippen MR) is 98.5 cm³/mol. The molecule has 0 amide bonds. The van der Waals surface area contributed by atoms with E-state index >= 15 is 0 Å². The van der Waals surface area contributed by atoms with Gasteiger partial charge in [0, 0.05) is 25.5 Å². The number of nitrogens with one attached hydrogen (secondary N) is 3. The second-order valence-electron chi connectivity index (χ2n) is 5.05. The van der Waals surface area contributed by atoms with Crippen LogP contribution in [0.4, 0.5) is 23.4 Å². The third kappa shape index (κ3) is 8.71. The molecule has 5 N–H and O–H groups in total. The number of hydrogen-bond donors (Lipinski definition) is 4. The molecule has 1 aromatic heterocycles. The van der Waals surface area contributed by atoms with Gasteiger partial charge in [0.25, 0.3) is 0 Å². The van der Waals surface area contributed by atoms with Crippen LogP contribution in [0.2, 0.25) is 0 Å². The zero-order valence-corrected chi connectivity index (χ0v) is 15.6. The van der Waals surface area contributed by atoms with Gasteiger partial charge in [-0.05, 0) is 12.5 Å². The maximum absolute atomic E-state index is 12.8. The van der Waals surface area contributed by atoms with Gasteiger partial charge in [-0.15, -0.1) is 0 Å². The molecule has 0 radical (unpaired) electrons. The van der Waals surface area contributed by atoms with Crippen molar-refractivity contribution in [2.24, 2.45) is 15.7 Å². The van der Waals surface area contributed by atoms with E-state index in [1.54, 1.807) is 6.19 Å². The summed E-state index contributed by atoms with van der Waals surface area (Å²) in [6.07, 6.45) is 0.0713. The van der Waals surface area contributed by atoms with E-state index in [1.807, 2.05) is 0 Å². The molecule has 14 heteroatoms. The van der Waals surface area contributed by atoms with Crippen molar-refractivity contribution < 1.29 is 17.6 Å². The minimum absolute atomic E-state index is 0.191. The molecule has 1 aromatic rings. The highest BCUT2D eigenvalue weighted by Crippen LogP contribution is 2.22. The van der Waals surface area contributed by atoms with E-state index < -0.39 is 24.9 Å². The van der Waals surface area contributed by atoms with Gasteiger partial charge in [-0.2, -0.15) is 14.0 Å². The number of halogens is 4. The summed E-state index contributed by atoms with van der Waals surface area (Å²) < 4.78 is 49.8. The smallest absolute Gasteiger partial charge is 0.326 e. The Bertz CT molecular complexity index is 721. The lowest BCUT2D eigenvalue weighted by atomic mass is 10.3. The molecule has 0 spiro atoms. The SMILES string of the molecule is CN=C(NC#N)NCCCSc1nccc(NC(N)=NCC(F)(F)C(F)F)n1. The van der Waals surface area contributed by atoms with Crippen molar-refractivity contribution in [2.75, 3.05) is 31.2 Å². The molecule has 0 aliphatic heterocycles. The van der Waals surface area contributed by atoms with Crippen molar-refractivity contribution in [1.29, 1.82) is 5.26 Å². The molecular formula is C14H19F4N9S. The van der Waals surface area contributed by atoms with Gasteiger partial charge in [0.1, 0.15) is 12.4 Å². The lowest BCUT2D eigenvalue weighted by molar-refractivity contribution is -0.119. The zero-order valence-electron chi connectivity index (χ0n) is 14.8. The van der Waals surface area contributed by atoms with E-state index in [9.17, 15) is 17.6 Å². The van der Waals surface area contributed by atoms with Crippen LogP contribution >= 0.6 is 11.8 Å². The topological polar surface area (TPSA) is 136 Å². The average Bonchev–Trinajstić information content (AvgIpc) is 2.65. The molecule has 0 bridgehead atoms. The highest BCUT2D eigenvalue weighted by atomic mass is 32.2. The number of thioether (sulfide) groups is 1. The molecule has 0 saturated carbocycles. The molecule has 1 rings (SSSR count). The van der Waals surface area contributed by atoms with E-state index in [0.29, 0.717) is 29.8 Å². The summed E-state index contributed by atoms with van der Waals surface area (Å²) in [4.78, 5) is 15.2. The number of alkyl halides is 4. The number of aromatic nitrogens is 2. The van der Waals surface area contributed by atoms with E-state index in [-0.39, 0.29) is 5.82 Å². The number of nitrogens with two attached hydrogens (primary N) is 1. The van der Waals surface area contributed by atoms with E-state index in [2.05, 4.69) is 35.9 Å². The van der Waals surface area contributed by atoms with Crippen LogP contribution in [0.25, 0.3) is 0 Å². The van der Waals surface area contributed by atoms with Crippen LogP contribution < -0.4 is 21.7 Å². The first-order chi connectivity index (χ1) is 13.3. The van der Waals surface area contributed by atoms with Crippen molar-refractivity contribution in [1.82, 2.24) is 20.6 Å². The fraction of sp³-hybridized carbons (Fsp3) is 0.500. The number of anilines is 1. The number of nitriles is 1. The van der Waals surface area contributed by atoms with Gasteiger partial charge < -0.3 is 16.4 Å². The fourth-order valence-electron chi connectivity index (χ4n) is 1.58. The summed E-state index contributed by atoms with van der Waals surface area (Å²) >= 11 is 1.33. The summed E-state index contributed by atoms with van der Waals surface area (Å²) in [5.74, 6) is -3.52. The maximum Gasteiger partial charge on any atom is 0.326 e. The first kappa shape index (κ1) is 23.2. The summed E-state index contributed by atoms with van der Waals surface area (Å²) in [6.45, 7) is -0.878. The van der Waals surface area contributed by atoms with Gasteiger partial charge in [0.2, 0.25) is 5.96 Å². The van der Waals surface area contributed by atoms with E-state index in [4.69, 9.17) is 11.0 Å². The van der Waals surface area contributed by atoms with Gasteiger partial charge in [0.05, 0.1) is 0 Å². The maximum atomic E-state index is 12.8. The number of hydrogen-bond acceptors (Lipinski definition) is 6. The van der Waals surface area contributed by atoms with Crippen molar-refractivity contribution in [2.45, 2.75) is 23.9 Å². The van der Waals surface area contributed by atoms with Gasteiger partial charge in [-0.1, -0.05) is 11.8 Å². The molecular weight excluding hydrogens is 402 g/mol. The van der Waals surface area contributed by atoms with E-state index in [1.165, 1.54) is 31.1 Å². The lowest BCUT2D eigenvalue weighted by Gasteiger charge is -2.12. The molecule has 0 saturated heterocycles. The highest BCUT2D eigenvalue weighted by Gasteiger charge is 2.40. The van der Waals surface area contributed by atoms with Crippen molar-refractivity contribution in [3.63, 3.8) is 0 Å². The molecule has 0 aliphatic rings. The standard InChI is InChI=1S/C14H19F4N9S/c1-21-12(25-8-19)22-4-2-6-28-13-23-5-3-9(27-13)26-11(20)24-7-14(17,18)10(15)16/h3,5,10H,2,4,6-7H2,1H3,(H2,21,22,25)(H3,20,23,24,26,27). The monoisotopic (exact) mass is 421 g/mol. The van der Waals surface area contributed by atoms with Gasteiger partial charge in [0.15, 0.2) is 17.3 Å². The first-order valence-electron chi connectivity index (χ1n) is 7.83. The Hall–Kier alpha value is -2.82. The summed E-state index contributed by atoms with van der Waals surface area (Å²) in [7, 11) is 1.54. The summed E-state index contributed by atoms with van der Waals surface area (Å²) in [5.41, 5.74) is 5.41. The molecule has 1 heterocycles.